The number of hydrogen-bond acceptors (Lipinski definition) is 8. The highest BCUT2D eigenvalue weighted by molar-refractivity contribution is 5.89. The zero-order valence-electron chi connectivity index (χ0n) is 24.7. The Labute approximate surface area is 251 Å². The van der Waals surface area contributed by atoms with Gasteiger partial charge < -0.3 is 19.7 Å². The van der Waals surface area contributed by atoms with E-state index in [1.165, 1.54) is 16.9 Å². The number of carbonyl (C=O) groups is 2. The largest absolute Gasteiger partial charge is 0.497 e. The zero-order chi connectivity index (χ0) is 30.0. The highest BCUT2D eigenvalue weighted by Gasteiger charge is 2.33. The number of nitrogens with zero attached hydrogens (tertiary/aromatic N) is 6. The van der Waals surface area contributed by atoms with Crippen molar-refractivity contribution in [3.05, 3.63) is 59.9 Å². The van der Waals surface area contributed by atoms with Crippen molar-refractivity contribution < 1.29 is 23.5 Å². The number of carbonyl (C=O) groups excluding carboxylic acids is 2. The van der Waals surface area contributed by atoms with Crippen LogP contribution in [-0.4, -0.2) is 94.4 Å². The summed E-state index contributed by atoms with van der Waals surface area (Å²) in [5, 5.41) is 15.9. The van der Waals surface area contributed by atoms with Crippen molar-refractivity contribution in [1.82, 2.24) is 35.3 Å². The van der Waals surface area contributed by atoms with E-state index in [1.807, 2.05) is 12.1 Å². The summed E-state index contributed by atoms with van der Waals surface area (Å²) in [7, 11) is 1.59. The number of hydrogen-bond donors (Lipinski definition) is 1. The molecule has 12 heteroatoms. The van der Waals surface area contributed by atoms with E-state index in [9.17, 15) is 14.0 Å². The van der Waals surface area contributed by atoms with Crippen molar-refractivity contribution in [3.63, 3.8) is 0 Å². The van der Waals surface area contributed by atoms with Crippen LogP contribution in [0.4, 0.5) is 4.39 Å². The van der Waals surface area contributed by atoms with Crippen LogP contribution in [0.25, 0.3) is 11.4 Å². The molecule has 3 aromatic rings. The number of halogens is 1. The predicted molar refractivity (Wildman–Crippen MR) is 158 cm³/mol. The van der Waals surface area contributed by atoms with Gasteiger partial charge in [0.05, 0.1) is 20.3 Å². The molecule has 1 unspecified atom stereocenters. The summed E-state index contributed by atoms with van der Waals surface area (Å²) in [5.74, 6) is 0.0903. The maximum Gasteiger partial charge on any atom is 0.247 e. The second kappa shape index (κ2) is 15.0. The van der Waals surface area contributed by atoms with Crippen molar-refractivity contribution in [2.45, 2.75) is 57.2 Å². The van der Waals surface area contributed by atoms with E-state index >= 15 is 0 Å². The first-order chi connectivity index (χ1) is 21.0. The van der Waals surface area contributed by atoms with Gasteiger partial charge in [0.1, 0.15) is 24.2 Å². The molecule has 2 aromatic carbocycles. The van der Waals surface area contributed by atoms with E-state index in [0.717, 1.165) is 57.3 Å². The summed E-state index contributed by atoms with van der Waals surface area (Å²) in [5.41, 5.74) is 1.29. The highest BCUT2D eigenvalue weighted by Crippen LogP contribution is 2.25. The Morgan fingerprint density at radius 3 is 2.49 bits per heavy atom. The molecular formula is C31H40FN7O4. The van der Waals surface area contributed by atoms with Crippen LogP contribution in [0.5, 0.6) is 5.75 Å². The smallest absolute Gasteiger partial charge is 0.247 e. The van der Waals surface area contributed by atoms with Gasteiger partial charge in [0.2, 0.25) is 17.6 Å². The van der Waals surface area contributed by atoms with Crippen LogP contribution in [0.1, 0.15) is 50.1 Å². The maximum atomic E-state index is 14.0. The van der Waals surface area contributed by atoms with Gasteiger partial charge in [-0.25, -0.2) is 4.39 Å². The van der Waals surface area contributed by atoms with Crippen LogP contribution in [0.15, 0.2) is 48.5 Å². The van der Waals surface area contributed by atoms with Gasteiger partial charge in [-0.1, -0.05) is 31.4 Å². The van der Waals surface area contributed by atoms with Crippen molar-refractivity contribution in [3.8, 4) is 17.1 Å². The first-order valence-corrected chi connectivity index (χ1v) is 15.1. The SMILES string of the molecule is COc1ccc(-c2nnn(CC(=O)N(CCCN3CCOCC3)C(C(=O)NC3CCCCC3)c3ccc(F)cc3)n2)cc1. The second-order valence-electron chi connectivity index (χ2n) is 11.1. The fourth-order valence-electron chi connectivity index (χ4n) is 5.71. The average Bonchev–Trinajstić information content (AvgIpc) is 3.50. The summed E-state index contributed by atoms with van der Waals surface area (Å²) in [4.78, 5) is 33.0. The molecule has 1 aromatic heterocycles. The molecule has 1 aliphatic carbocycles. The van der Waals surface area contributed by atoms with Gasteiger partial charge in [-0.3, -0.25) is 14.5 Å². The molecule has 0 radical (unpaired) electrons. The molecule has 1 N–H and O–H groups in total. The van der Waals surface area contributed by atoms with Gasteiger partial charge in [0, 0.05) is 37.8 Å². The van der Waals surface area contributed by atoms with Gasteiger partial charge in [-0.15, -0.1) is 10.2 Å². The number of ether oxygens (including phenoxy) is 2. The molecule has 2 amide bonds. The highest BCUT2D eigenvalue weighted by atomic mass is 19.1. The van der Waals surface area contributed by atoms with Crippen molar-refractivity contribution in [2.24, 2.45) is 0 Å². The molecule has 11 nitrogen and oxygen atoms in total. The zero-order valence-corrected chi connectivity index (χ0v) is 24.7. The Bertz CT molecular complexity index is 1320. The number of aromatic nitrogens is 4. The summed E-state index contributed by atoms with van der Waals surface area (Å²) in [6.45, 7) is 3.91. The molecule has 2 aliphatic rings. The van der Waals surface area contributed by atoms with Crippen molar-refractivity contribution in [1.29, 1.82) is 0 Å². The monoisotopic (exact) mass is 593 g/mol. The van der Waals surface area contributed by atoms with Crippen LogP contribution in [0, 0.1) is 5.82 Å². The molecule has 43 heavy (non-hydrogen) atoms. The quantitative estimate of drug-likeness (QED) is 0.341. The van der Waals surface area contributed by atoms with E-state index in [2.05, 4.69) is 25.6 Å². The Kier molecular flexibility index (Phi) is 10.7. The molecule has 230 valence electrons. The molecule has 0 bridgehead atoms. The molecular weight excluding hydrogens is 553 g/mol. The van der Waals surface area contributed by atoms with Crippen LogP contribution < -0.4 is 10.1 Å². The van der Waals surface area contributed by atoms with E-state index in [4.69, 9.17) is 9.47 Å². The standard InChI is InChI=1S/C31H40FN7O4/c1-42-27-14-10-24(11-15-27)30-34-36-39(35-30)22-28(40)38(17-5-16-37-18-20-43-21-19-37)29(23-8-12-25(32)13-9-23)31(41)33-26-6-3-2-4-7-26/h8-15,26,29H,2-7,16-22H2,1H3,(H,33,41). The van der Waals surface area contributed by atoms with E-state index in [0.29, 0.717) is 43.3 Å². The van der Waals surface area contributed by atoms with Gasteiger partial charge in [0.15, 0.2) is 0 Å². The van der Waals surface area contributed by atoms with Crippen LogP contribution in [-0.2, 0) is 20.9 Å². The first-order valence-electron chi connectivity index (χ1n) is 15.1. The molecule has 5 rings (SSSR count). The molecule has 1 aliphatic heterocycles. The topological polar surface area (TPSA) is 115 Å². The number of benzene rings is 2. The third kappa shape index (κ3) is 8.35. The summed E-state index contributed by atoms with van der Waals surface area (Å²) in [6, 6.07) is 12.2. The fourth-order valence-corrected chi connectivity index (χ4v) is 5.71. The van der Waals surface area contributed by atoms with Gasteiger partial charge >= 0.3 is 0 Å². The van der Waals surface area contributed by atoms with Gasteiger partial charge in [-0.05, 0) is 66.4 Å². The Balaban J connectivity index is 1.38. The molecule has 1 atom stereocenters. The molecule has 2 fully saturated rings. The molecule has 0 spiro atoms. The first kappa shape index (κ1) is 30.6. The number of tetrazole rings is 1. The Morgan fingerprint density at radius 2 is 1.79 bits per heavy atom. The number of methoxy groups -OCH3 is 1. The Morgan fingerprint density at radius 1 is 1.07 bits per heavy atom. The van der Waals surface area contributed by atoms with Crippen LogP contribution in [0.2, 0.25) is 0 Å². The van der Waals surface area contributed by atoms with E-state index in [1.54, 1.807) is 36.3 Å². The lowest BCUT2D eigenvalue weighted by Crippen LogP contribution is -2.48. The minimum atomic E-state index is -0.927. The second-order valence-corrected chi connectivity index (χ2v) is 11.1. The lowest BCUT2D eigenvalue weighted by molar-refractivity contribution is -0.142. The summed E-state index contributed by atoms with van der Waals surface area (Å²) >= 11 is 0. The lowest BCUT2D eigenvalue weighted by Gasteiger charge is -2.34. The van der Waals surface area contributed by atoms with E-state index in [-0.39, 0.29) is 24.4 Å². The molecule has 1 saturated carbocycles. The Hall–Kier alpha value is -3.90. The number of morpholine rings is 1. The maximum absolute atomic E-state index is 14.0. The lowest BCUT2D eigenvalue weighted by atomic mass is 9.94. The molecule has 2 heterocycles. The summed E-state index contributed by atoms with van der Waals surface area (Å²) < 4.78 is 24.6. The minimum Gasteiger partial charge on any atom is -0.497 e. The van der Waals surface area contributed by atoms with Crippen LogP contribution >= 0.6 is 0 Å². The van der Waals surface area contributed by atoms with Crippen LogP contribution in [0.3, 0.4) is 0 Å². The predicted octanol–water partition coefficient (Wildman–Crippen LogP) is 3.23. The fraction of sp³-hybridized carbons (Fsp3) is 0.516. The normalized spacial score (nSPS) is 16.9. The third-order valence-corrected chi connectivity index (χ3v) is 8.07. The van der Waals surface area contributed by atoms with Crippen molar-refractivity contribution in [2.75, 3.05) is 46.5 Å². The van der Waals surface area contributed by atoms with E-state index < -0.39 is 11.9 Å². The number of nitrogens with one attached hydrogen (secondary N) is 1. The number of amides is 2. The average molecular weight is 594 g/mol. The summed E-state index contributed by atoms with van der Waals surface area (Å²) in [6.07, 6.45) is 5.74. The van der Waals surface area contributed by atoms with Gasteiger partial charge in [0.25, 0.3) is 0 Å². The molecule has 1 saturated heterocycles. The third-order valence-electron chi connectivity index (χ3n) is 8.07. The number of rotatable bonds is 12. The minimum absolute atomic E-state index is 0.0542. The van der Waals surface area contributed by atoms with Gasteiger partial charge in [-0.2, -0.15) is 4.80 Å². The van der Waals surface area contributed by atoms with Crippen molar-refractivity contribution >= 4 is 11.8 Å².